The van der Waals surface area contributed by atoms with E-state index in [1.807, 2.05) is 54.6 Å². The summed E-state index contributed by atoms with van der Waals surface area (Å²) in [6, 6.07) is 18.1. The van der Waals surface area contributed by atoms with Gasteiger partial charge in [0.25, 0.3) is 0 Å². The zero-order chi connectivity index (χ0) is 15.6. The number of likely N-dealkylation sites (N-methyl/N-ethyl adjacent to an activating group) is 1. The third-order valence-electron chi connectivity index (χ3n) is 3.24. The molecular weight excluding hydrogens is 276 g/mol. The van der Waals surface area contributed by atoms with Crippen molar-refractivity contribution in [2.75, 3.05) is 20.1 Å². The second-order valence-electron chi connectivity index (χ2n) is 5.05. The van der Waals surface area contributed by atoms with Gasteiger partial charge in [0.15, 0.2) is 0 Å². The number of benzene rings is 2. The Morgan fingerprint density at radius 1 is 1.00 bits per heavy atom. The van der Waals surface area contributed by atoms with E-state index in [9.17, 15) is 4.79 Å². The largest absolute Gasteiger partial charge is 0.489 e. The van der Waals surface area contributed by atoms with Crippen molar-refractivity contribution in [3.05, 3.63) is 65.7 Å². The minimum absolute atomic E-state index is 0.0188. The normalized spacial score (nSPS) is 10.2. The summed E-state index contributed by atoms with van der Waals surface area (Å²) in [4.78, 5) is 11.3. The predicted octanol–water partition coefficient (Wildman–Crippen LogP) is 2.14. The van der Waals surface area contributed by atoms with Gasteiger partial charge >= 0.3 is 0 Å². The van der Waals surface area contributed by atoms with Crippen LogP contribution in [0.1, 0.15) is 11.1 Å². The molecule has 0 aromatic heterocycles. The quantitative estimate of drug-likeness (QED) is 0.785. The molecular formula is C18H22N2O2. The molecule has 0 aliphatic carbocycles. The maximum absolute atomic E-state index is 11.3. The van der Waals surface area contributed by atoms with Crippen LogP contribution in [-0.4, -0.2) is 26.0 Å². The monoisotopic (exact) mass is 298 g/mol. The van der Waals surface area contributed by atoms with E-state index in [-0.39, 0.29) is 5.91 Å². The molecule has 2 aromatic rings. The standard InChI is InChI=1S/C18H22N2O2/c1-19-13-18(21)20-12-11-15-7-9-17(10-8-15)22-14-16-5-3-2-4-6-16/h2-10,19H,11-14H2,1H3,(H,20,21). The molecule has 0 aliphatic rings. The third-order valence-corrected chi connectivity index (χ3v) is 3.24. The molecule has 0 saturated carbocycles. The van der Waals surface area contributed by atoms with Gasteiger partial charge in [-0.05, 0) is 36.7 Å². The Morgan fingerprint density at radius 2 is 1.73 bits per heavy atom. The fourth-order valence-corrected chi connectivity index (χ4v) is 2.06. The number of carbonyl (C=O) groups excluding carboxylic acids is 1. The summed E-state index contributed by atoms with van der Waals surface area (Å²) in [7, 11) is 1.76. The lowest BCUT2D eigenvalue weighted by Crippen LogP contribution is -2.33. The molecule has 0 bridgehead atoms. The van der Waals surface area contributed by atoms with E-state index in [2.05, 4.69) is 10.6 Å². The molecule has 0 radical (unpaired) electrons. The molecule has 4 nitrogen and oxygen atoms in total. The van der Waals surface area contributed by atoms with Crippen molar-refractivity contribution in [1.29, 1.82) is 0 Å². The van der Waals surface area contributed by atoms with Crippen molar-refractivity contribution in [3.63, 3.8) is 0 Å². The fourth-order valence-electron chi connectivity index (χ4n) is 2.06. The van der Waals surface area contributed by atoms with Crippen molar-refractivity contribution < 1.29 is 9.53 Å². The molecule has 0 heterocycles. The average Bonchev–Trinajstić information content (AvgIpc) is 2.55. The van der Waals surface area contributed by atoms with E-state index in [0.29, 0.717) is 19.7 Å². The van der Waals surface area contributed by atoms with Crippen LogP contribution in [0.2, 0.25) is 0 Å². The predicted molar refractivity (Wildman–Crippen MR) is 87.9 cm³/mol. The lowest BCUT2D eigenvalue weighted by Gasteiger charge is -2.08. The maximum atomic E-state index is 11.3. The lowest BCUT2D eigenvalue weighted by molar-refractivity contribution is -0.120. The highest BCUT2D eigenvalue weighted by molar-refractivity contribution is 5.77. The molecule has 0 saturated heterocycles. The number of hydrogen-bond acceptors (Lipinski definition) is 3. The van der Waals surface area contributed by atoms with Crippen molar-refractivity contribution in [1.82, 2.24) is 10.6 Å². The average molecular weight is 298 g/mol. The number of hydrogen-bond donors (Lipinski definition) is 2. The SMILES string of the molecule is CNCC(=O)NCCc1ccc(OCc2ccccc2)cc1. The Morgan fingerprint density at radius 3 is 2.41 bits per heavy atom. The highest BCUT2D eigenvalue weighted by Crippen LogP contribution is 2.14. The summed E-state index contributed by atoms with van der Waals surface area (Å²) in [6.45, 7) is 1.57. The van der Waals surface area contributed by atoms with Gasteiger partial charge in [0.1, 0.15) is 12.4 Å². The summed E-state index contributed by atoms with van der Waals surface area (Å²) in [5.41, 5.74) is 2.33. The Kier molecular flexibility index (Phi) is 6.45. The van der Waals surface area contributed by atoms with Gasteiger partial charge in [0.2, 0.25) is 5.91 Å². The van der Waals surface area contributed by atoms with Crippen LogP contribution in [0.4, 0.5) is 0 Å². The van der Waals surface area contributed by atoms with Crippen LogP contribution in [-0.2, 0) is 17.8 Å². The van der Waals surface area contributed by atoms with Crippen molar-refractivity contribution in [2.24, 2.45) is 0 Å². The highest BCUT2D eigenvalue weighted by atomic mass is 16.5. The maximum Gasteiger partial charge on any atom is 0.233 e. The molecule has 2 aromatic carbocycles. The molecule has 0 atom stereocenters. The Bertz CT molecular complexity index is 567. The third kappa shape index (κ3) is 5.58. The smallest absolute Gasteiger partial charge is 0.233 e. The molecule has 4 heteroatoms. The van der Waals surface area contributed by atoms with Gasteiger partial charge in [0, 0.05) is 6.54 Å². The van der Waals surface area contributed by atoms with Crippen LogP contribution in [0.25, 0.3) is 0 Å². The number of amides is 1. The Balaban J connectivity index is 1.74. The topological polar surface area (TPSA) is 50.4 Å². The van der Waals surface area contributed by atoms with Gasteiger partial charge in [-0.15, -0.1) is 0 Å². The van der Waals surface area contributed by atoms with E-state index in [1.165, 1.54) is 5.56 Å². The van der Waals surface area contributed by atoms with E-state index in [4.69, 9.17) is 4.74 Å². The zero-order valence-corrected chi connectivity index (χ0v) is 12.8. The summed E-state index contributed by atoms with van der Waals surface area (Å²) < 4.78 is 5.74. The van der Waals surface area contributed by atoms with Crippen LogP contribution < -0.4 is 15.4 Å². The first-order chi connectivity index (χ1) is 10.8. The summed E-state index contributed by atoms with van der Waals surface area (Å²) in [6.07, 6.45) is 0.814. The number of ether oxygens (including phenoxy) is 1. The van der Waals surface area contributed by atoms with Crippen molar-refractivity contribution in [3.8, 4) is 5.75 Å². The summed E-state index contributed by atoms with van der Waals surface area (Å²) in [5.74, 6) is 0.872. The first-order valence-corrected chi connectivity index (χ1v) is 7.45. The zero-order valence-electron chi connectivity index (χ0n) is 12.8. The summed E-state index contributed by atoms with van der Waals surface area (Å²) in [5, 5.41) is 5.68. The first kappa shape index (κ1) is 16.0. The van der Waals surface area contributed by atoms with E-state index >= 15 is 0 Å². The van der Waals surface area contributed by atoms with Crippen LogP contribution in [0.3, 0.4) is 0 Å². The van der Waals surface area contributed by atoms with Crippen LogP contribution in [0.15, 0.2) is 54.6 Å². The number of nitrogens with one attached hydrogen (secondary N) is 2. The van der Waals surface area contributed by atoms with Crippen molar-refractivity contribution in [2.45, 2.75) is 13.0 Å². The molecule has 0 fully saturated rings. The van der Waals surface area contributed by atoms with E-state index in [0.717, 1.165) is 17.7 Å². The lowest BCUT2D eigenvalue weighted by atomic mass is 10.1. The molecule has 2 rings (SSSR count). The molecule has 22 heavy (non-hydrogen) atoms. The molecule has 2 N–H and O–H groups in total. The van der Waals surface area contributed by atoms with Crippen LogP contribution >= 0.6 is 0 Å². The first-order valence-electron chi connectivity index (χ1n) is 7.45. The summed E-state index contributed by atoms with van der Waals surface area (Å²) >= 11 is 0. The van der Waals surface area contributed by atoms with Gasteiger partial charge < -0.3 is 15.4 Å². The van der Waals surface area contributed by atoms with Gasteiger partial charge in [-0.2, -0.15) is 0 Å². The number of rotatable bonds is 8. The molecule has 0 spiro atoms. The molecule has 116 valence electrons. The van der Waals surface area contributed by atoms with Crippen LogP contribution in [0, 0.1) is 0 Å². The van der Waals surface area contributed by atoms with E-state index in [1.54, 1.807) is 7.05 Å². The fraction of sp³-hybridized carbons (Fsp3) is 0.278. The van der Waals surface area contributed by atoms with Gasteiger partial charge in [-0.3, -0.25) is 4.79 Å². The Hall–Kier alpha value is -2.33. The second kappa shape index (κ2) is 8.85. The highest BCUT2D eigenvalue weighted by Gasteiger charge is 2.00. The molecule has 0 unspecified atom stereocenters. The van der Waals surface area contributed by atoms with Crippen molar-refractivity contribution >= 4 is 5.91 Å². The number of carbonyl (C=O) groups is 1. The molecule has 0 aliphatic heterocycles. The minimum Gasteiger partial charge on any atom is -0.489 e. The van der Waals surface area contributed by atoms with Gasteiger partial charge in [-0.25, -0.2) is 0 Å². The Labute approximate surface area is 131 Å². The van der Waals surface area contributed by atoms with Crippen LogP contribution in [0.5, 0.6) is 5.75 Å². The molecule has 1 amide bonds. The van der Waals surface area contributed by atoms with Gasteiger partial charge in [0.05, 0.1) is 6.54 Å². The second-order valence-corrected chi connectivity index (χ2v) is 5.05. The van der Waals surface area contributed by atoms with E-state index < -0.39 is 0 Å². The minimum atomic E-state index is 0.0188. The van der Waals surface area contributed by atoms with Gasteiger partial charge in [-0.1, -0.05) is 42.5 Å².